The maximum absolute atomic E-state index is 11.6. The van der Waals surface area contributed by atoms with Crippen LogP contribution in [0.15, 0.2) is 68.6 Å². The Morgan fingerprint density at radius 1 is 0.833 bits per heavy atom. The van der Waals surface area contributed by atoms with E-state index >= 15 is 0 Å². The minimum atomic E-state index is -4.85. The van der Waals surface area contributed by atoms with E-state index in [-0.39, 0.29) is 75.6 Å². The van der Waals surface area contributed by atoms with Crippen molar-refractivity contribution in [3.8, 4) is 5.75 Å². The van der Waals surface area contributed by atoms with Crippen LogP contribution in [0, 0.1) is 6.92 Å². The van der Waals surface area contributed by atoms with Crippen molar-refractivity contribution in [2.24, 2.45) is 10.2 Å². The molecule has 3 aromatic carbocycles. The van der Waals surface area contributed by atoms with Crippen LogP contribution in [-0.4, -0.2) is 90.2 Å². The van der Waals surface area contributed by atoms with Crippen molar-refractivity contribution in [1.82, 2.24) is 0 Å². The van der Waals surface area contributed by atoms with Crippen LogP contribution in [0.1, 0.15) is 5.56 Å². The van der Waals surface area contributed by atoms with Crippen LogP contribution in [-0.2, 0) is 20.2 Å². The Kier molecular flexibility index (Phi) is 9.21. The molecule has 3 aromatic rings. The van der Waals surface area contributed by atoms with Crippen molar-refractivity contribution in [3.05, 3.63) is 54.1 Å². The first kappa shape index (κ1) is 27.2. The van der Waals surface area contributed by atoms with Crippen molar-refractivity contribution in [1.29, 1.82) is 0 Å². The second-order valence-corrected chi connectivity index (χ2v) is 8.70. The molecule has 0 aromatic heterocycles. The Morgan fingerprint density at radius 3 is 2.03 bits per heavy atom. The van der Waals surface area contributed by atoms with Crippen molar-refractivity contribution < 1.29 is 31.0 Å². The summed E-state index contributed by atoms with van der Waals surface area (Å²) in [6.07, 6.45) is 0. The molecule has 30 heavy (non-hydrogen) atoms. The average molecular weight is 468 g/mol. The number of azo groups is 1. The maximum atomic E-state index is 11.6. The van der Waals surface area contributed by atoms with E-state index in [0.717, 1.165) is 23.8 Å². The molecule has 3 N–H and O–H groups in total. The molecule has 2 radical (unpaired) electrons. The van der Waals surface area contributed by atoms with Gasteiger partial charge in [0.2, 0.25) is 0 Å². The molecular weight excluding hydrogens is 454 g/mol. The van der Waals surface area contributed by atoms with E-state index in [4.69, 9.17) is 0 Å². The minimum absolute atomic E-state index is 0. The Bertz CT molecular complexity index is 1340. The third kappa shape index (κ3) is 5.88. The zero-order valence-electron chi connectivity index (χ0n) is 16.3. The molecular formula is C17H14N2Na2O7S2. The molecule has 0 aliphatic rings. The van der Waals surface area contributed by atoms with E-state index in [1.807, 2.05) is 0 Å². The summed E-state index contributed by atoms with van der Waals surface area (Å²) in [4.78, 5) is -1.36. The predicted octanol–water partition coefficient (Wildman–Crippen LogP) is 3.00. The summed E-state index contributed by atoms with van der Waals surface area (Å²) >= 11 is 0. The Balaban J connectivity index is 0.00000225. The zero-order chi connectivity index (χ0) is 20.7. The van der Waals surface area contributed by atoms with Gasteiger partial charge in [-0.05, 0) is 42.1 Å². The van der Waals surface area contributed by atoms with Gasteiger partial charge in [-0.2, -0.15) is 21.9 Å². The van der Waals surface area contributed by atoms with Crippen molar-refractivity contribution in [2.75, 3.05) is 0 Å². The van der Waals surface area contributed by atoms with Crippen LogP contribution >= 0.6 is 0 Å². The molecule has 0 spiro atoms. The molecule has 9 nitrogen and oxygen atoms in total. The molecule has 148 valence electrons. The molecule has 0 atom stereocenters. The first-order valence-electron chi connectivity index (χ1n) is 7.70. The number of phenolic OH excluding ortho intramolecular Hbond substituents is 1. The van der Waals surface area contributed by atoms with Crippen LogP contribution in [0.3, 0.4) is 0 Å². The average Bonchev–Trinajstić information content (AvgIpc) is 2.59. The Morgan fingerprint density at radius 2 is 1.47 bits per heavy atom. The first-order valence-corrected chi connectivity index (χ1v) is 10.6. The summed E-state index contributed by atoms with van der Waals surface area (Å²) in [5, 5.41) is 18.4. The molecule has 0 heterocycles. The number of hydrogen-bond donors (Lipinski definition) is 3. The van der Waals surface area contributed by atoms with Gasteiger partial charge < -0.3 is 5.11 Å². The number of fused-ring (bicyclic) bond motifs is 1. The molecule has 0 aliphatic heterocycles. The Hall–Kier alpha value is -0.860. The smallest absolute Gasteiger partial charge is 0.298 e. The van der Waals surface area contributed by atoms with E-state index in [1.54, 1.807) is 31.2 Å². The summed E-state index contributed by atoms with van der Waals surface area (Å²) in [6, 6.07) is 11.1. The van der Waals surface area contributed by atoms with E-state index in [0.29, 0.717) is 5.69 Å². The molecule has 0 fully saturated rings. The summed E-state index contributed by atoms with van der Waals surface area (Å²) in [6.45, 7) is 1.78. The van der Waals surface area contributed by atoms with Gasteiger partial charge in [-0.1, -0.05) is 24.3 Å². The topological polar surface area (TPSA) is 154 Å². The minimum Gasteiger partial charge on any atom is -0.504 e. The summed E-state index contributed by atoms with van der Waals surface area (Å²) in [7, 11) is -9.41. The summed E-state index contributed by atoms with van der Waals surface area (Å²) in [5.74, 6) is -0.841. The normalized spacial score (nSPS) is 11.8. The molecule has 0 amide bonds. The largest absolute Gasteiger partial charge is 0.504 e. The van der Waals surface area contributed by atoms with Gasteiger partial charge in [-0.15, -0.1) is 5.11 Å². The second-order valence-electron chi connectivity index (χ2n) is 5.89. The molecule has 0 saturated heterocycles. The molecule has 0 saturated carbocycles. The molecule has 3 rings (SSSR count). The van der Waals surface area contributed by atoms with Gasteiger partial charge in [0, 0.05) is 64.5 Å². The van der Waals surface area contributed by atoms with Crippen LogP contribution in [0.2, 0.25) is 0 Å². The third-order valence-electron chi connectivity index (χ3n) is 3.97. The van der Waals surface area contributed by atoms with Crippen molar-refractivity contribution >= 4 is 101 Å². The van der Waals surface area contributed by atoms with Gasteiger partial charge in [0.25, 0.3) is 20.2 Å². The number of aryl methyl sites for hydroxylation is 1. The van der Waals surface area contributed by atoms with Gasteiger partial charge in [0.15, 0.2) is 5.75 Å². The third-order valence-corrected chi connectivity index (χ3v) is 5.69. The number of benzene rings is 3. The quantitative estimate of drug-likeness (QED) is 0.302. The SMILES string of the molecule is Cc1ccccc1N=Nc1c(O)c(S(=O)(=O)O)cc2cc(S(=O)(=O)O)ccc12.[Na].[Na]. The fraction of sp³-hybridized carbons (Fsp3) is 0.0588. The second kappa shape index (κ2) is 10.2. The molecule has 0 unspecified atom stereocenters. The van der Waals surface area contributed by atoms with Crippen LogP contribution in [0.5, 0.6) is 5.75 Å². The predicted molar refractivity (Wildman–Crippen MR) is 112 cm³/mol. The maximum Gasteiger partial charge on any atom is 0.298 e. The van der Waals surface area contributed by atoms with E-state index < -0.39 is 35.8 Å². The van der Waals surface area contributed by atoms with Crippen LogP contribution < -0.4 is 0 Å². The van der Waals surface area contributed by atoms with Crippen molar-refractivity contribution in [2.45, 2.75) is 16.7 Å². The van der Waals surface area contributed by atoms with E-state index in [9.17, 15) is 31.0 Å². The van der Waals surface area contributed by atoms with E-state index in [1.165, 1.54) is 6.07 Å². The van der Waals surface area contributed by atoms with E-state index in [2.05, 4.69) is 10.2 Å². The van der Waals surface area contributed by atoms with Gasteiger partial charge in [0.1, 0.15) is 10.6 Å². The fourth-order valence-corrected chi connectivity index (χ4v) is 3.70. The molecule has 13 heteroatoms. The number of phenols is 1. The molecule has 0 aliphatic carbocycles. The van der Waals surface area contributed by atoms with Crippen LogP contribution in [0.4, 0.5) is 11.4 Å². The summed E-state index contributed by atoms with van der Waals surface area (Å²) < 4.78 is 64.5. The van der Waals surface area contributed by atoms with Gasteiger partial charge in [-0.3, -0.25) is 9.11 Å². The standard InChI is InChI=1S/C17H14N2O7S2.2Na/c1-10-4-2-3-5-14(10)18-19-16-13-7-6-12(27(21,22)23)8-11(13)9-15(17(16)20)28(24,25)26;;/h2-9,20H,1H3,(H,21,22,23)(H,24,25,26);;. The number of nitrogens with zero attached hydrogens (tertiary/aromatic N) is 2. The number of hydrogen-bond acceptors (Lipinski definition) is 7. The van der Waals surface area contributed by atoms with Crippen LogP contribution in [0.25, 0.3) is 10.8 Å². The Labute approximate surface area is 217 Å². The zero-order valence-corrected chi connectivity index (χ0v) is 21.9. The summed E-state index contributed by atoms with van der Waals surface area (Å²) in [5.41, 5.74) is 0.951. The number of rotatable bonds is 4. The fourth-order valence-electron chi connectivity index (χ4n) is 2.57. The number of aromatic hydroxyl groups is 1. The monoisotopic (exact) mass is 468 g/mol. The first-order chi connectivity index (χ1) is 13.0. The van der Waals surface area contributed by atoms with Gasteiger partial charge >= 0.3 is 0 Å². The molecule has 0 bridgehead atoms. The van der Waals surface area contributed by atoms with Crippen molar-refractivity contribution in [3.63, 3.8) is 0 Å². The van der Waals surface area contributed by atoms with Gasteiger partial charge in [0.05, 0.1) is 10.6 Å². The van der Waals surface area contributed by atoms with Gasteiger partial charge in [-0.25, -0.2) is 0 Å².